The predicted octanol–water partition coefficient (Wildman–Crippen LogP) is 3.94. The minimum absolute atomic E-state index is 0.163. The first kappa shape index (κ1) is 19.9. The standard InChI is InChI=1S/C26H19N3O2/c30-25-17-16-24(28-29(25)19-22-10-5-2-6-11-22)26(31)27-23-13-7-12-21(18-23)15-14-20-8-3-1-4-9-20/h1-13,16-18H,19H2,(H,27,31). The lowest BCUT2D eigenvalue weighted by molar-refractivity contribution is 0.102. The van der Waals surface area contributed by atoms with Crippen LogP contribution < -0.4 is 10.9 Å². The average molecular weight is 405 g/mol. The maximum Gasteiger partial charge on any atom is 0.276 e. The molecule has 5 nitrogen and oxygen atoms in total. The van der Waals surface area contributed by atoms with Crippen molar-refractivity contribution in [3.05, 3.63) is 130 Å². The number of hydrogen-bond donors (Lipinski definition) is 1. The number of rotatable bonds is 4. The summed E-state index contributed by atoms with van der Waals surface area (Å²) in [6.07, 6.45) is 0. The van der Waals surface area contributed by atoms with E-state index in [4.69, 9.17) is 0 Å². The first-order valence-electron chi connectivity index (χ1n) is 9.78. The Bertz CT molecular complexity index is 1320. The fraction of sp³-hybridized carbons (Fsp3) is 0.0385. The van der Waals surface area contributed by atoms with Gasteiger partial charge in [-0.25, -0.2) is 4.68 Å². The Morgan fingerprint density at radius 2 is 1.48 bits per heavy atom. The Hall–Kier alpha value is -4.43. The van der Waals surface area contributed by atoms with Crippen LogP contribution in [0, 0.1) is 11.8 Å². The van der Waals surface area contributed by atoms with Crippen molar-refractivity contribution < 1.29 is 4.79 Å². The highest BCUT2D eigenvalue weighted by molar-refractivity contribution is 6.02. The zero-order valence-corrected chi connectivity index (χ0v) is 16.7. The highest BCUT2D eigenvalue weighted by atomic mass is 16.2. The summed E-state index contributed by atoms with van der Waals surface area (Å²) in [6, 6.07) is 29.3. The molecule has 150 valence electrons. The Kier molecular flexibility index (Phi) is 6.01. The monoisotopic (exact) mass is 405 g/mol. The highest BCUT2D eigenvalue weighted by Gasteiger charge is 2.10. The Balaban J connectivity index is 1.50. The lowest BCUT2D eigenvalue weighted by Gasteiger charge is -2.08. The predicted molar refractivity (Wildman–Crippen MR) is 121 cm³/mol. The van der Waals surface area contributed by atoms with Crippen LogP contribution in [0.25, 0.3) is 0 Å². The minimum atomic E-state index is -0.394. The fourth-order valence-electron chi connectivity index (χ4n) is 2.98. The molecule has 0 fully saturated rings. The number of nitrogens with zero attached hydrogens (tertiary/aromatic N) is 2. The zero-order valence-electron chi connectivity index (χ0n) is 16.7. The number of carbonyl (C=O) groups excluding carboxylic acids is 1. The second kappa shape index (κ2) is 9.38. The van der Waals surface area contributed by atoms with Crippen molar-refractivity contribution in [2.45, 2.75) is 6.54 Å². The van der Waals surface area contributed by atoms with Gasteiger partial charge in [0, 0.05) is 22.9 Å². The van der Waals surface area contributed by atoms with E-state index in [0.717, 1.165) is 16.7 Å². The van der Waals surface area contributed by atoms with E-state index in [0.29, 0.717) is 12.2 Å². The summed E-state index contributed by atoms with van der Waals surface area (Å²) in [5.74, 6) is 5.80. The van der Waals surface area contributed by atoms with Crippen LogP contribution in [-0.4, -0.2) is 15.7 Å². The molecule has 1 aromatic heterocycles. The van der Waals surface area contributed by atoms with E-state index in [9.17, 15) is 9.59 Å². The molecule has 0 spiro atoms. The third-order valence-corrected chi connectivity index (χ3v) is 4.52. The number of anilines is 1. The second-order valence-corrected chi connectivity index (χ2v) is 6.85. The summed E-state index contributed by atoms with van der Waals surface area (Å²) in [4.78, 5) is 24.8. The Labute approximate surface area is 180 Å². The summed E-state index contributed by atoms with van der Waals surface area (Å²) in [5.41, 5.74) is 3.13. The molecule has 0 aliphatic rings. The number of nitrogens with one attached hydrogen (secondary N) is 1. The number of benzene rings is 3. The molecule has 0 radical (unpaired) electrons. The maximum absolute atomic E-state index is 12.7. The van der Waals surface area contributed by atoms with Gasteiger partial charge in [0.05, 0.1) is 6.54 Å². The minimum Gasteiger partial charge on any atom is -0.321 e. The molecule has 0 aliphatic carbocycles. The van der Waals surface area contributed by atoms with Gasteiger partial charge in [-0.3, -0.25) is 9.59 Å². The lowest BCUT2D eigenvalue weighted by atomic mass is 10.1. The van der Waals surface area contributed by atoms with Crippen LogP contribution in [0.15, 0.2) is 102 Å². The summed E-state index contributed by atoms with van der Waals surface area (Å²) in [7, 11) is 0. The molecule has 31 heavy (non-hydrogen) atoms. The average Bonchev–Trinajstić information content (AvgIpc) is 2.81. The van der Waals surface area contributed by atoms with Gasteiger partial charge < -0.3 is 5.32 Å². The summed E-state index contributed by atoms with van der Waals surface area (Å²) in [6.45, 7) is 0.297. The molecule has 0 saturated heterocycles. The van der Waals surface area contributed by atoms with Crippen molar-refractivity contribution >= 4 is 11.6 Å². The van der Waals surface area contributed by atoms with E-state index >= 15 is 0 Å². The maximum atomic E-state index is 12.7. The topological polar surface area (TPSA) is 64.0 Å². The summed E-state index contributed by atoms with van der Waals surface area (Å²) in [5, 5.41) is 7.05. The molecule has 1 N–H and O–H groups in total. The molecular formula is C26H19N3O2. The van der Waals surface area contributed by atoms with Gasteiger partial charge >= 0.3 is 0 Å². The zero-order chi connectivity index (χ0) is 21.5. The first-order chi connectivity index (χ1) is 15.2. The normalized spacial score (nSPS) is 10.1. The molecule has 0 aliphatic heterocycles. The molecule has 0 saturated carbocycles. The summed E-state index contributed by atoms with van der Waals surface area (Å²) < 4.78 is 1.28. The first-order valence-corrected chi connectivity index (χ1v) is 9.78. The van der Waals surface area contributed by atoms with Gasteiger partial charge in [-0.05, 0) is 42.0 Å². The largest absolute Gasteiger partial charge is 0.321 e. The van der Waals surface area contributed by atoms with Crippen LogP contribution >= 0.6 is 0 Å². The van der Waals surface area contributed by atoms with E-state index in [2.05, 4.69) is 22.3 Å². The Morgan fingerprint density at radius 3 is 2.26 bits per heavy atom. The molecule has 4 aromatic rings. The highest BCUT2D eigenvalue weighted by Crippen LogP contribution is 2.11. The third kappa shape index (κ3) is 5.34. The molecule has 0 unspecified atom stereocenters. The van der Waals surface area contributed by atoms with Gasteiger partial charge in [-0.2, -0.15) is 5.10 Å². The molecular weight excluding hydrogens is 386 g/mol. The van der Waals surface area contributed by atoms with Gasteiger partial charge in [0.1, 0.15) is 5.69 Å². The van der Waals surface area contributed by atoms with Crippen LogP contribution in [-0.2, 0) is 6.54 Å². The molecule has 1 amide bonds. The van der Waals surface area contributed by atoms with Crippen LogP contribution in [0.3, 0.4) is 0 Å². The third-order valence-electron chi connectivity index (χ3n) is 4.52. The molecule has 0 bridgehead atoms. The number of carbonyl (C=O) groups is 1. The molecule has 3 aromatic carbocycles. The van der Waals surface area contributed by atoms with Crippen LogP contribution in [0.5, 0.6) is 0 Å². The van der Waals surface area contributed by atoms with Crippen molar-refractivity contribution in [1.82, 2.24) is 9.78 Å². The van der Waals surface area contributed by atoms with Crippen molar-refractivity contribution in [3.63, 3.8) is 0 Å². The smallest absolute Gasteiger partial charge is 0.276 e. The fourth-order valence-corrected chi connectivity index (χ4v) is 2.98. The number of aromatic nitrogens is 2. The van der Waals surface area contributed by atoms with E-state index in [-0.39, 0.29) is 11.3 Å². The number of amides is 1. The van der Waals surface area contributed by atoms with Crippen LogP contribution in [0.2, 0.25) is 0 Å². The van der Waals surface area contributed by atoms with E-state index in [1.807, 2.05) is 72.8 Å². The van der Waals surface area contributed by atoms with E-state index in [1.165, 1.54) is 16.8 Å². The van der Waals surface area contributed by atoms with Crippen molar-refractivity contribution in [2.75, 3.05) is 5.32 Å². The van der Waals surface area contributed by atoms with Gasteiger partial charge in [0.2, 0.25) is 0 Å². The van der Waals surface area contributed by atoms with E-state index in [1.54, 1.807) is 12.1 Å². The van der Waals surface area contributed by atoms with E-state index < -0.39 is 5.91 Å². The lowest BCUT2D eigenvalue weighted by Crippen LogP contribution is -2.26. The van der Waals surface area contributed by atoms with Gasteiger partial charge in [-0.15, -0.1) is 0 Å². The van der Waals surface area contributed by atoms with Crippen molar-refractivity contribution in [2.24, 2.45) is 0 Å². The molecule has 1 heterocycles. The van der Waals surface area contributed by atoms with Gasteiger partial charge in [-0.1, -0.05) is 66.4 Å². The van der Waals surface area contributed by atoms with Gasteiger partial charge in [0.25, 0.3) is 11.5 Å². The second-order valence-electron chi connectivity index (χ2n) is 6.85. The van der Waals surface area contributed by atoms with Crippen molar-refractivity contribution in [1.29, 1.82) is 0 Å². The number of hydrogen-bond acceptors (Lipinski definition) is 3. The van der Waals surface area contributed by atoms with Gasteiger partial charge in [0.15, 0.2) is 0 Å². The quantitative estimate of drug-likeness (QED) is 0.523. The van der Waals surface area contributed by atoms with Crippen LogP contribution in [0.4, 0.5) is 5.69 Å². The Morgan fingerprint density at radius 1 is 0.806 bits per heavy atom. The van der Waals surface area contributed by atoms with Crippen LogP contribution in [0.1, 0.15) is 27.2 Å². The molecule has 0 atom stereocenters. The molecule has 5 heteroatoms. The molecule has 4 rings (SSSR count). The SMILES string of the molecule is O=C(Nc1cccc(C#Cc2ccccc2)c1)c1ccc(=O)n(Cc2ccccc2)n1. The summed E-state index contributed by atoms with van der Waals surface area (Å²) >= 11 is 0. The van der Waals surface area contributed by atoms with Crippen molar-refractivity contribution in [3.8, 4) is 11.8 Å².